The molecule has 1 saturated carbocycles. The van der Waals surface area contributed by atoms with Crippen LogP contribution in [0.15, 0.2) is 6.33 Å². The summed E-state index contributed by atoms with van der Waals surface area (Å²) < 4.78 is 1.79. The number of hydrogen-bond donors (Lipinski definition) is 0. The molecule has 0 atom stereocenters. The molecular weight excluding hydrogens is 256 g/mol. The number of aromatic nitrogens is 2. The number of nitro groups is 1. The van der Waals surface area contributed by atoms with E-state index < -0.39 is 0 Å². The number of hydrogen-bond acceptors (Lipinski definition) is 4. The van der Waals surface area contributed by atoms with E-state index >= 15 is 0 Å². The maximum absolute atomic E-state index is 11.0. The second-order valence-corrected chi connectivity index (χ2v) is 6.40. The molecule has 20 heavy (non-hydrogen) atoms. The van der Waals surface area contributed by atoms with Gasteiger partial charge in [0.2, 0.25) is 6.33 Å². The molecular formula is C14H22N4O2. The summed E-state index contributed by atoms with van der Waals surface area (Å²) >= 11 is 0. The summed E-state index contributed by atoms with van der Waals surface area (Å²) in [5, 5.41) is 11.0. The quantitative estimate of drug-likeness (QED) is 0.629. The fourth-order valence-corrected chi connectivity index (χ4v) is 3.97. The first kappa shape index (κ1) is 13.5. The van der Waals surface area contributed by atoms with Crippen LogP contribution in [-0.2, 0) is 13.6 Å². The highest BCUT2D eigenvalue weighted by molar-refractivity contribution is 5.26. The average Bonchev–Trinajstić information content (AvgIpc) is 2.99. The predicted octanol–water partition coefficient (Wildman–Crippen LogP) is 2.48. The van der Waals surface area contributed by atoms with Crippen LogP contribution in [0.1, 0.15) is 44.2 Å². The molecule has 1 aromatic rings. The summed E-state index contributed by atoms with van der Waals surface area (Å²) in [6.45, 7) is 2.79. The Morgan fingerprint density at radius 2 is 2.05 bits per heavy atom. The zero-order valence-corrected chi connectivity index (χ0v) is 12.0. The number of rotatable bonds is 3. The number of likely N-dealkylation sites (tertiary alicyclic amines) is 1. The molecule has 0 unspecified atom stereocenters. The Morgan fingerprint density at radius 1 is 1.35 bits per heavy atom. The molecule has 1 aromatic heterocycles. The lowest BCUT2D eigenvalue weighted by molar-refractivity contribution is -0.390. The maximum Gasteiger partial charge on any atom is 0.386 e. The maximum atomic E-state index is 11.0. The smallest absolute Gasteiger partial charge is 0.358 e. The van der Waals surface area contributed by atoms with E-state index in [1.165, 1.54) is 38.5 Å². The second kappa shape index (κ2) is 5.16. The largest absolute Gasteiger partial charge is 0.386 e. The summed E-state index contributed by atoms with van der Waals surface area (Å²) in [4.78, 5) is 17.0. The molecule has 3 rings (SSSR count). The van der Waals surface area contributed by atoms with Crippen molar-refractivity contribution in [2.45, 2.75) is 45.1 Å². The molecule has 1 aliphatic carbocycles. The minimum atomic E-state index is -0.370. The van der Waals surface area contributed by atoms with Gasteiger partial charge < -0.3 is 14.7 Å². The van der Waals surface area contributed by atoms with E-state index in [1.807, 2.05) is 7.05 Å². The fourth-order valence-electron chi connectivity index (χ4n) is 3.97. The first-order chi connectivity index (χ1) is 9.60. The van der Waals surface area contributed by atoms with Crippen LogP contribution in [0.3, 0.4) is 0 Å². The van der Waals surface area contributed by atoms with Crippen molar-refractivity contribution in [3.63, 3.8) is 0 Å². The minimum absolute atomic E-state index is 0.0125. The molecule has 2 aliphatic rings. The number of aryl methyl sites for hydroxylation is 1. The molecule has 0 aromatic carbocycles. The monoisotopic (exact) mass is 278 g/mol. The molecule has 0 N–H and O–H groups in total. The SMILES string of the molecule is Cn1cnc([N+](=O)[O-])c1CN1CCCC2(CCCC2)C1. The highest BCUT2D eigenvalue weighted by atomic mass is 16.6. The van der Waals surface area contributed by atoms with Gasteiger partial charge in [-0.1, -0.05) is 12.8 Å². The molecule has 1 spiro atoms. The highest BCUT2D eigenvalue weighted by Crippen LogP contribution is 2.45. The first-order valence-electron chi connectivity index (χ1n) is 7.47. The van der Waals surface area contributed by atoms with E-state index in [2.05, 4.69) is 9.88 Å². The molecule has 2 fully saturated rings. The Balaban J connectivity index is 1.74. The van der Waals surface area contributed by atoms with Crippen LogP contribution in [0, 0.1) is 15.5 Å². The Hall–Kier alpha value is -1.43. The molecule has 0 amide bonds. The molecule has 6 nitrogen and oxygen atoms in total. The van der Waals surface area contributed by atoms with Gasteiger partial charge >= 0.3 is 5.82 Å². The van der Waals surface area contributed by atoms with Crippen LogP contribution in [0.4, 0.5) is 5.82 Å². The molecule has 0 bridgehead atoms. The Kier molecular flexibility index (Phi) is 3.50. The third-order valence-electron chi connectivity index (χ3n) is 4.99. The average molecular weight is 278 g/mol. The van der Waals surface area contributed by atoms with Crippen molar-refractivity contribution in [1.82, 2.24) is 14.5 Å². The first-order valence-corrected chi connectivity index (χ1v) is 7.47. The molecule has 1 saturated heterocycles. The van der Waals surface area contributed by atoms with Gasteiger partial charge in [0, 0.05) is 20.1 Å². The molecule has 2 heterocycles. The van der Waals surface area contributed by atoms with E-state index in [9.17, 15) is 10.1 Å². The predicted molar refractivity (Wildman–Crippen MR) is 75.3 cm³/mol. The van der Waals surface area contributed by atoms with Gasteiger partial charge in [-0.05, 0) is 47.6 Å². The van der Waals surface area contributed by atoms with Gasteiger partial charge in [0.05, 0.1) is 0 Å². The zero-order valence-electron chi connectivity index (χ0n) is 12.0. The topological polar surface area (TPSA) is 64.2 Å². The van der Waals surface area contributed by atoms with Crippen molar-refractivity contribution in [3.05, 3.63) is 22.1 Å². The van der Waals surface area contributed by atoms with Crippen LogP contribution >= 0.6 is 0 Å². The Morgan fingerprint density at radius 3 is 2.75 bits per heavy atom. The van der Waals surface area contributed by atoms with Crippen molar-refractivity contribution in [2.75, 3.05) is 13.1 Å². The third-order valence-corrected chi connectivity index (χ3v) is 4.99. The van der Waals surface area contributed by atoms with E-state index in [0.717, 1.165) is 18.8 Å². The molecule has 0 radical (unpaired) electrons. The van der Waals surface area contributed by atoms with Crippen molar-refractivity contribution >= 4 is 5.82 Å². The third kappa shape index (κ3) is 2.44. The van der Waals surface area contributed by atoms with Crippen molar-refractivity contribution in [1.29, 1.82) is 0 Å². The van der Waals surface area contributed by atoms with Gasteiger partial charge in [-0.3, -0.25) is 4.90 Å². The van der Waals surface area contributed by atoms with Gasteiger partial charge in [0.15, 0.2) is 0 Å². The lowest BCUT2D eigenvalue weighted by atomic mass is 9.78. The fraction of sp³-hybridized carbons (Fsp3) is 0.786. The summed E-state index contributed by atoms with van der Waals surface area (Å²) in [6.07, 6.45) is 9.44. The highest BCUT2D eigenvalue weighted by Gasteiger charge is 2.38. The normalized spacial score (nSPS) is 22.4. The van der Waals surface area contributed by atoms with Crippen LogP contribution < -0.4 is 0 Å². The molecule has 1 aliphatic heterocycles. The van der Waals surface area contributed by atoms with Crippen molar-refractivity contribution in [2.24, 2.45) is 12.5 Å². The summed E-state index contributed by atoms with van der Waals surface area (Å²) in [5.41, 5.74) is 1.22. The zero-order chi connectivity index (χ0) is 14.2. The van der Waals surface area contributed by atoms with Gasteiger partial charge in [-0.25, -0.2) is 0 Å². The van der Waals surface area contributed by atoms with Crippen LogP contribution in [0.5, 0.6) is 0 Å². The minimum Gasteiger partial charge on any atom is -0.358 e. The second-order valence-electron chi connectivity index (χ2n) is 6.40. The van der Waals surface area contributed by atoms with Gasteiger partial charge in [-0.2, -0.15) is 0 Å². The van der Waals surface area contributed by atoms with E-state index in [1.54, 1.807) is 10.9 Å². The lowest BCUT2D eigenvalue weighted by Gasteiger charge is -2.40. The van der Waals surface area contributed by atoms with Gasteiger partial charge in [-0.15, -0.1) is 0 Å². The Bertz CT molecular complexity index is 505. The van der Waals surface area contributed by atoms with Crippen LogP contribution in [0.2, 0.25) is 0 Å². The van der Waals surface area contributed by atoms with Gasteiger partial charge in [0.25, 0.3) is 0 Å². The van der Waals surface area contributed by atoms with E-state index in [-0.39, 0.29) is 10.7 Å². The standard InChI is InChI=1S/C14H22N4O2/c1-16-11-15-13(18(19)20)12(16)9-17-8-4-7-14(10-17)5-2-3-6-14/h11H,2-10H2,1H3. The number of nitrogens with zero attached hydrogens (tertiary/aromatic N) is 4. The Labute approximate surface area is 118 Å². The summed E-state index contributed by atoms with van der Waals surface area (Å²) in [7, 11) is 1.84. The number of imidazole rings is 1. The molecule has 6 heteroatoms. The van der Waals surface area contributed by atoms with Crippen LogP contribution in [0.25, 0.3) is 0 Å². The van der Waals surface area contributed by atoms with Gasteiger partial charge in [0.1, 0.15) is 5.69 Å². The van der Waals surface area contributed by atoms with E-state index in [0.29, 0.717) is 12.0 Å². The van der Waals surface area contributed by atoms with Crippen molar-refractivity contribution < 1.29 is 4.92 Å². The summed E-state index contributed by atoms with van der Waals surface area (Å²) in [5.74, 6) is 0.0125. The van der Waals surface area contributed by atoms with Crippen molar-refractivity contribution in [3.8, 4) is 0 Å². The molecule has 110 valence electrons. The van der Waals surface area contributed by atoms with E-state index in [4.69, 9.17) is 0 Å². The van der Waals surface area contributed by atoms with Crippen LogP contribution in [-0.4, -0.2) is 32.5 Å². The lowest BCUT2D eigenvalue weighted by Crippen LogP contribution is -2.41. The summed E-state index contributed by atoms with van der Waals surface area (Å²) in [6, 6.07) is 0. The number of piperidine rings is 1.